The van der Waals surface area contributed by atoms with Crippen LogP contribution in [0.5, 0.6) is 5.75 Å². The van der Waals surface area contributed by atoms with E-state index in [0.717, 1.165) is 4.47 Å². The molecule has 0 aliphatic rings. The molecule has 0 atom stereocenters. The summed E-state index contributed by atoms with van der Waals surface area (Å²) in [7, 11) is 0. The van der Waals surface area contributed by atoms with Crippen molar-refractivity contribution in [3.8, 4) is 5.75 Å². The van der Waals surface area contributed by atoms with Crippen molar-refractivity contribution in [3.63, 3.8) is 0 Å². The molecule has 114 valence electrons. The fourth-order valence-corrected chi connectivity index (χ4v) is 2.10. The topological polar surface area (TPSA) is 78.4 Å². The van der Waals surface area contributed by atoms with Crippen LogP contribution in [0, 0.1) is 6.92 Å². The summed E-state index contributed by atoms with van der Waals surface area (Å²) in [5, 5.41) is 15.0. The minimum Gasteiger partial charge on any atom is -0.507 e. The van der Waals surface area contributed by atoms with Crippen LogP contribution >= 0.6 is 15.9 Å². The van der Waals surface area contributed by atoms with Crippen molar-refractivity contribution >= 4 is 33.4 Å². The molecule has 2 aromatic rings. The minimum atomic E-state index is -0.493. The van der Waals surface area contributed by atoms with E-state index >= 15 is 0 Å². The number of phenolic OH excluding ortho intramolecular Hbond substituents is 1. The van der Waals surface area contributed by atoms with E-state index in [-0.39, 0.29) is 23.8 Å². The van der Waals surface area contributed by atoms with Gasteiger partial charge in [-0.3, -0.25) is 9.59 Å². The molecule has 0 fully saturated rings. The number of rotatable bonds is 4. The Balaban J connectivity index is 1.92. The zero-order valence-electron chi connectivity index (χ0n) is 11.9. The standard InChI is InChI=1S/C16H15BrN2O3/c1-10-3-2-4-13(15(10)21)16(22)18-9-14(20)19-12-7-5-11(17)6-8-12/h2-8,21H,9H2,1H3,(H,18,22)(H,19,20). The van der Waals surface area contributed by atoms with E-state index in [1.54, 1.807) is 43.3 Å². The molecule has 0 saturated carbocycles. The van der Waals surface area contributed by atoms with Gasteiger partial charge in [0.05, 0.1) is 12.1 Å². The van der Waals surface area contributed by atoms with E-state index in [4.69, 9.17) is 0 Å². The fraction of sp³-hybridized carbons (Fsp3) is 0.125. The fourth-order valence-electron chi connectivity index (χ4n) is 1.84. The molecule has 0 bridgehead atoms. The maximum absolute atomic E-state index is 12.0. The molecule has 0 unspecified atom stereocenters. The number of halogens is 1. The smallest absolute Gasteiger partial charge is 0.255 e. The van der Waals surface area contributed by atoms with E-state index in [1.807, 2.05) is 0 Å². The van der Waals surface area contributed by atoms with Crippen molar-refractivity contribution < 1.29 is 14.7 Å². The number of carbonyl (C=O) groups is 2. The first-order valence-electron chi connectivity index (χ1n) is 6.59. The Hall–Kier alpha value is -2.34. The highest BCUT2D eigenvalue weighted by Gasteiger charge is 2.13. The highest BCUT2D eigenvalue weighted by molar-refractivity contribution is 9.10. The van der Waals surface area contributed by atoms with Crippen LogP contribution in [0.4, 0.5) is 5.69 Å². The van der Waals surface area contributed by atoms with Crippen molar-refractivity contribution in [2.75, 3.05) is 11.9 Å². The van der Waals surface area contributed by atoms with Crippen LogP contribution in [0.2, 0.25) is 0 Å². The number of aryl methyl sites for hydroxylation is 1. The Morgan fingerprint density at radius 1 is 1.14 bits per heavy atom. The maximum atomic E-state index is 12.0. The van der Waals surface area contributed by atoms with Crippen LogP contribution in [0.3, 0.4) is 0 Å². The van der Waals surface area contributed by atoms with Crippen LogP contribution in [0.25, 0.3) is 0 Å². The van der Waals surface area contributed by atoms with Gasteiger partial charge >= 0.3 is 0 Å². The van der Waals surface area contributed by atoms with Crippen LogP contribution in [0.15, 0.2) is 46.9 Å². The van der Waals surface area contributed by atoms with Gasteiger partial charge < -0.3 is 15.7 Å². The second-order valence-electron chi connectivity index (χ2n) is 4.71. The predicted octanol–water partition coefficient (Wildman–Crippen LogP) is 2.83. The lowest BCUT2D eigenvalue weighted by atomic mass is 10.1. The Labute approximate surface area is 136 Å². The number of aromatic hydroxyl groups is 1. The number of hydrogen-bond acceptors (Lipinski definition) is 3. The summed E-state index contributed by atoms with van der Waals surface area (Å²) < 4.78 is 0.911. The minimum absolute atomic E-state index is 0.0756. The molecule has 0 heterocycles. The summed E-state index contributed by atoms with van der Waals surface area (Å²) in [6.45, 7) is 1.52. The number of phenols is 1. The molecule has 0 aliphatic heterocycles. The van der Waals surface area contributed by atoms with Gasteiger partial charge in [-0.05, 0) is 42.8 Å². The second kappa shape index (κ2) is 7.09. The normalized spacial score (nSPS) is 10.1. The Morgan fingerprint density at radius 2 is 1.82 bits per heavy atom. The van der Waals surface area contributed by atoms with Crippen LogP contribution in [0.1, 0.15) is 15.9 Å². The van der Waals surface area contributed by atoms with E-state index in [1.165, 1.54) is 6.07 Å². The first-order valence-corrected chi connectivity index (χ1v) is 7.39. The monoisotopic (exact) mass is 362 g/mol. The van der Waals surface area contributed by atoms with Gasteiger partial charge in [-0.2, -0.15) is 0 Å². The number of amides is 2. The number of benzene rings is 2. The van der Waals surface area contributed by atoms with E-state index in [0.29, 0.717) is 11.3 Å². The van der Waals surface area contributed by atoms with Crippen molar-refractivity contribution in [1.29, 1.82) is 0 Å². The lowest BCUT2D eigenvalue weighted by Crippen LogP contribution is -2.32. The van der Waals surface area contributed by atoms with Gasteiger partial charge in [0.2, 0.25) is 5.91 Å². The van der Waals surface area contributed by atoms with Gasteiger partial charge in [0, 0.05) is 10.2 Å². The van der Waals surface area contributed by atoms with Gasteiger partial charge in [0.25, 0.3) is 5.91 Å². The number of carbonyl (C=O) groups excluding carboxylic acids is 2. The van der Waals surface area contributed by atoms with Gasteiger partial charge in [-0.1, -0.05) is 28.1 Å². The predicted molar refractivity (Wildman–Crippen MR) is 87.9 cm³/mol. The molecule has 2 rings (SSSR count). The number of anilines is 1. The molecule has 0 aliphatic carbocycles. The van der Waals surface area contributed by atoms with Crippen LogP contribution < -0.4 is 10.6 Å². The third-order valence-electron chi connectivity index (χ3n) is 3.02. The molecule has 5 nitrogen and oxygen atoms in total. The number of para-hydroxylation sites is 1. The van der Waals surface area contributed by atoms with Gasteiger partial charge in [-0.15, -0.1) is 0 Å². The van der Waals surface area contributed by atoms with Gasteiger partial charge in [0.1, 0.15) is 5.75 Å². The largest absolute Gasteiger partial charge is 0.507 e. The molecule has 2 aromatic carbocycles. The zero-order chi connectivity index (χ0) is 16.1. The summed E-state index contributed by atoms with van der Waals surface area (Å²) in [4.78, 5) is 23.7. The molecule has 0 saturated heterocycles. The van der Waals surface area contributed by atoms with Gasteiger partial charge in [-0.25, -0.2) is 0 Å². The average Bonchev–Trinajstić information content (AvgIpc) is 2.50. The molecule has 22 heavy (non-hydrogen) atoms. The molecule has 2 amide bonds. The molecule has 0 radical (unpaired) electrons. The van der Waals surface area contributed by atoms with Crippen LogP contribution in [-0.4, -0.2) is 23.5 Å². The second-order valence-corrected chi connectivity index (χ2v) is 5.62. The summed E-state index contributed by atoms with van der Waals surface area (Å²) in [5.74, 6) is -0.914. The van der Waals surface area contributed by atoms with Crippen LogP contribution in [-0.2, 0) is 4.79 Å². The zero-order valence-corrected chi connectivity index (χ0v) is 13.5. The Kier molecular flexibility index (Phi) is 5.16. The maximum Gasteiger partial charge on any atom is 0.255 e. The summed E-state index contributed by atoms with van der Waals surface area (Å²) in [5.41, 5.74) is 1.39. The molecule has 6 heteroatoms. The molecule has 0 aromatic heterocycles. The average molecular weight is 363 g/mol. The van der Waals surface area contributed by atoms with E-state index < -0.39 is 5.91 Å². The third kappa shape index (κ3) is 4.08. The first kappa shape index (κ1) is 16.0. The van der Waals surface area contributed by atoms with Crippen molar-refractivity contribution in [2.45, 2.75) is 6.92 Å². The quantitative estimate of drug-likeness (QED) is 0.782. The number of nitrogens with one attached hydrogen (secondary N) is 2. The lowest BCUT2D eigenvalue weighted by molar-refractivity contribution is -0.115. The van der Waals surface area contributed by atoms with Crippen molar-refractivity contribution in [2.24, 2.45) is 0 Å². The molecule has 3 N–H and O–H groups in total. The third-order valence-corrected chi connectivity index (χ3v) is 3.55. The number of hydrogen-bond donors (Lipinski definition) is 3. The SMILES string of the molecule is Cc1cccc(C(=O)NCC(=O)Nc2ccc(Br)cc2)c1O. The molecular formula is C16H15BrN2O3. The lowest BCUT2D eigenvalue weighted by Gasteiger charge is -2.09. The summed E-state index contributed by atoms with van der Waals surface area (Å²) in [6.07, 6.45) is 0. The first-order chi connectivity index (χ1) is 10.5. The van der Waals surface area contributed by atoms with E-state index in [2.05, 4.69) is 26.6 Å². The summed E-state index contributed by atoms with van der Waals surface area (Å²) >= 11 is 3.31. The Morgan fingerprint density at radius 3 is 2.50 bits per heavy atom. The van der Waals surface area contributed by atoms with E-state index in [9.17, 15) is 14.7 Å². The van der Waals surface area contributed by atoms with Gasteiger partial charge in [0.15, 0.2) is 0 Å². The molecule has 0 spiro atoms. The summed E-state index contributed by atoms with van der Waals surface area (Å²) in [6, 6.07) is 12.0. The Bertz CT molecular complexity index is 699. The van der Waals surface area contributed by atoms with Crippen molar-refractivity contribution in [1.82, 2.24) is 5.32 Å². The highest BCUT2D eigenvalue weighted by atomic mass is 79.9. The van der Waals surface area contributed by atoms with Crippen molar-refractivity contribution in [3.05, 3.63) is 58.1 Å². The highest BCUT2D eigenvalue weighted by Crippen LogP contribution is 2.21. The molecular weight excluding hydrogens is 348 g/mol.